The van der Waals surface area contributed by atoms with Gasteiger partial charge in [-0.15, -0.1) is 11.8 Å². The first-order valence-corrected chi connectivity index (χ1v) is 8.46. The van der Waals surface area contributed by atoms with E-state index in [1.54, 1.807) is 11.8 Å². The lowest BCUT2D eigenvalue weighted by Crippen LogP contribution is -2.02. The normalized spacial score (nSPS) is 15.2. The van der Waals surface area contributed by atoms with Gasteiger partial charge in [0.25, 0.3) is 0 Å². The van der Waals surface area contributed by atoms with Gasteiger partial charge in [0, 0.05) is 23.5 Å². The fraction of sp³-hybridized carbons (Fsp3) is 0.412. The summed E-state index contributed by atoms with van der Waals surface area (Å²) in [6.45, 7) is 0. The largest absolute Gasteiger partial charge is 0.233 e. The lowest BCUT2D eigenvalue weighted by atomic mass is 10.1. The second kappa shape index (κ2) is 6.77. The molecule has 1 aromatic heterocycles. The smallest absolute Gasteiger partial charge is 0.133 e. The molecule has 0 saturated heterocycles. The Bertz CT molecular complexity index is 755. The summed E-state index contributed by atoms with van der Waals surface area (Å²) in [5, 5.41) is 19.9. The maximum absolute atomic E-state index is 9.19. The van der Waals surface area contributed by atoms with Crippen molar-refractivity contribution in [2.75, 3.05) is 5.75 Å². The minimum Gasteiger partial charge on any atom is -0.233 e. The monoisotopic (exact) mass is 308 g/mol. The van der Waals surface area contributed by atoms with E-state index in [4.69, 9.17) is 10.2 Å². The molecule has 1 heterocycles. The number of benzene rings is 1. The lowest BCUT2D eigenvalue weighted by molar-refractivity contribution is 0.685. The Hall–Kier alpha value is -2.11. The highest BCUT2D eigenvalue weighted by atomic mass is 32.2. The van der Waals surface area contributed by atoms with E-state index >= 15 is 0 Å². The number of fused-ring (bicyclic) bond motifs is 1. The van der Waals surface area contributed by atoms with E-state index < -0.39 is 0 Å². The molecule has 1 fully saturated rings. The highest BCUT2D eigenvalue weighted by Crippen LogP contribution is 2.40. The van der Waals surface area contributed by atoms with Crippen molar-refractivity contribution in [2.24, 2.45) is 5.92 Å². The average Bonchev–Trinajstić information content (AvgIpc) is 3.39. The van der Waals surface area contributed by atoms with Crippen molar-refractivity contribution in [1.82, 2.24) is 9.97 Å². The molecular formula is C17H16N4S. The van der Waals surface area contributed by atoms with Gasteiger partial charge in [0.1, 0.15) is 10.9 Å². The third-order valence-electron chi connectivity index (χ3n) is 3.74. The zero-order valence-electron chi connectivity index (χ0n) is 12.2. The van der Waals surface area contributed by atoms with E-state index in [2.05, 4.69) is 17.1 Å². The van der Waals surface area contributed by atoms with Gasteiger partial charge in [-0.05, 0) is 25.3 Å². The SMILES string of the molecule is N#CCCC(C#N)CSc1nc(C2CC2)nc2ccccc12. The van der Waals surface area contributed by atoms with Crippen LogP contribution in [0.5, 0.6) is 0 Å². The molecule has 0 amide bonds. The van der Waals surface area contributed by atoms with Gasteiger partial charge in [-0.2, -0.15) is 10.5 Å². The zero-order chi connectivity index (χ0) is 15.4. The van der Waals surface area contributed by atoms with Gasteiger partial charge in [0.2, 0.25) is 0 Å². The number of hydrogen-bond donors (Lipinski definition) is 0. The Morgan fingerprint density at radius 2 is 2.05 bits per heavy atom. The van der Waals surface area contributed by atoms with Gasteiger partial charge in [-0.1, -0.05) is 18.2 Å². The van der Waals surface area contributed by atoms with Gasteiger partial charge in [0.05, 0.1) is 23.6 Å². The molecule has 4 nitrogen and oxygen atoms in total. The summed E-state index contributed by atoms with van der Waals surface area (Å²) in [6, 6.07) is 12.4. The Morgan fingerprint density at radius 1 is 1.23 bits per heavy atom. The second-order valence-corrected chi connectivity index (χ2v) is 6.52. The third-order valence-corrected chi connectivity index (χ3v) is 4.89. The molecule has 1 aliphatic carbocycles. The Kier molecular flexibility index (Phi) is 4.56. The van der Waals surface area contributed by atoms with Crippen LogP contribution < -0.4 is 0 Å². The summed E-state index contributed by atoms with van der Waals surface area (Å²) in [6.07, 6.45) is 3.39. The number of para-hydroxylation sites is 1. The van der Waals surface area contributed by atoms with Crippen LogP contribution in [0.3, 0.4) is 0 Å². The van der Waals surface area contributed by atoms with Crippen LogP contribution in [0.1, 0.15) is 37.4 Å². The minimum absolute atomic E-state index is 0.109. The van der Waals surface area contributed by atoms with E-state index in [1.807, 2.05) is 24.3 Å². The van der Waals surface area contributed by atoms with Crippen molar-refractivity contribution in [2.45, 2.75) is 36.6 Å². The minimum atomic E-state index is -0.109. The standard InChI is InChI=1S/C17H16N4S/c18-9-3-4-12(10-19)11-22-17-14-5-1-2-6-15(14)20-16(21-17)13-7-8-13/h1-2,5-6,12-13H,3-4,7-8,11H2. The molecule has 5 heteroatoms. The molecule has 0 N–H and O–H groups in total. The molecule has 0 spiro atoms. The van der Waals surface area contributed by atoms with E-state index in [-0.39, 0.29) is 5.92 Å². The van der Waals surface area contributed by atoms with Crippen LogP contribution in [0.15, 0.2) is 29.3 Å². The first-order valence-electron chi connectivity index (χ1n) is 7.48. The van der Waals surface area contributed by atoms with Crippen molar-refractivity contribution in [3.8, 4) is 12.1 Å². The van der Waals surface area contributed by atoms with Gasteiger partial charge < -0.3 is 0 Å². The lowest BCUT2D eigenvalue weighted by Gasteiger charge is -2.10. The van der Waals surface area contributed by atoms with Gasteiger partial charge in [-0.25, -0.2) is 9.97 Å². The first-order chi connectivity index (χ1) is 10.8. The van der Waals surface area contributed by atoms with Crippen LogP contribution in [0.25, 0.3) is 10.9 Å². The molecule has 1 aliphatic rings. The molecule has 3 rings (SSSR count). The molecule has 110 valence electrons. The molecular weight excluding hydrogens is 292 g/mol. The maximum Gasteiger partial charge on any atom is 0.133 e. The van der Waals surface area contributed by atoms with E-state index in [0.29, 0.717) is 24.5 Å². The van der Waals surface area contributed by atoms with Gasteiger partial charge in [-0.3, -0.25) is 0 Å². The molecule has 0 bridgehead atoms. The Labute approximate surface area is 134 Å². The molecule has 1 unspecified atom stereocenters. The van der Waals surface area contributed by atoms with E-state index in [9.17, 15) is 5.26 Å². The summed E-state index contributed by atoms with van der Waals surface area (Å²) in [7, 11) is 0. The second-order valence-electron chi connectivity index (χ2n) is 5.51. The van der Waals surface area contributed by atoms with Crippen LogP contribution in [-0.4, -0.2) is 15.7 Å². The van der Waals surface area contributed by atoms with Crippen LogP contribution in [0.4, 0.5) is 0 Å². The van der Waals surface area contributed by atoms with Crippen LogP contribution in [0, 0.1) is 28.6 Å². The van der Waals surface area contributed by atoms with Crippen molar-refractivity contribution in [1.29, 1.82) is 10.5 Å². The average molecular weight is 308 g/mol. The summed E-state index contributed by atoms with van der Waals surface area (Å²) >= 11 is 1.61. The predicted molar refractivity (Wildman–Crippen MR) is 86.2 cm³/mol. The fourth-order valence-electron chi connectivity index (χ4n) is 2.30. The molecule has 2 aromatic rings. The predicted octanol–water partition coefficient (Wildman–Crippen LogP) is 4.04. The number of aromatic nitrogens is 2. The van der Waals surface area contributed by atoms with Crippen molar-refractivity contribution in [3.05, 3.63) is 30.1 Å². The summed E-state index contributed by atoms with van der Waals surface area (Å²) < 4.78 is 0. The summed E-state index contributed by atoms with van der Waals surface area (Å²) in [5.74, 6) is 2.01. The quantitative estimate of drug-likeness (QED) is 0.594. The Balaban J connectivity index is 1.83. The number of thioether (sulfide) groups is 1. The summed E-state index contributed by atoms with van der Waals surface area (Å²) in [4.78, 5) is 9.39. The van der Waals surface area contributed by atoms with E-state index in [0.717, 1.165) is 21.8 Å². The maximum atomic E-state index is 9.19. The molecule has 22 heavy (non-hydrogen) atoms. The van der Waals surface area contributed by atoms with Gasteiger partial charge >= 0.3 is 0 Å². The van der Waals surface area contributed by atoms with Crippen LogP contribution in [-0.2, 0) is 0 Å². The zero-order valence-corrected chi connectivity index (χ0v) is 13.0. The molecule has 0 radical (unpaired) electrons. The Morgan fingerprint density at radius 3 is 2.77 bits per heavy atom. The highest BCUT2D eigenvalue weighted by Gasteiger charge is 2.27. The fourth-order valence-corrected chi connectivity index (χ4v) is 3.39. The highest BCUT2D eigenvalue weighted by molar-refractivity contribution is 7.99. The van der Waals surface area contributed by atoms with Crippen LogP contribution >= 0.6 is 11.8 Å². The van der Waals surface area contributed by atoms with Gasteiger partial charge in [0.15, 0.2) is 0 Å². The van der Waals surface area contributed by atoms with Crippen molar-refractivity contribution in [3.63, 3.8) is 0 Å². The topological polar surface area (TPSA) is 73.4 Å². The van der Waals surface area contributed by atoms with Crippen LogP contribution in [0.2, 0.25) is 0 Å². The summed E-state index contributed by atoms with van der Waals surface area (Å²) in [5.41, 5.74) is 0.979. The van der Waals surface area contributed by atoms with Crippen molar-refractivity contribution >= 4 is 22.7 Å². The number of nitriles is 2. The number of hydrogen-bond acceptors (Lipinski definition) is 5. The number of nitrogens with zero attached hydrogens (tertiary/aromatic N) is 4. The number of rotatable bonds is 6. The molecule has 1 atom stereocenters. The molecule has 1 aromatic carbocycles. The van der Waals surface area contributed by atoms with E-state index in [1.165, 1.54) is 12.8 Å². The molecule has 0 aliphatic heterocycles. The molecule has 1 saturated carbocycles. The van der Waals surface area contributed by atoms with Crippen molar-refractivity contribution < 1.29 is 0 Å². The third kappa shape index (κ3) is 3.37. The first kappa shape index (κ1) is 14.8.